The molecule has 0 bridgehead atoms. The molecule has 5 nitrogen and oxygen atoms in total. The molecule has 1 aliphatic heterocycles. The lowest BCUT2D eigenvalue weighted by Crippen LogP contribution is -2.48. The van der Waals surface area contributed by atoms with E-state index in [0.29, 0.717) is 18.6 Å². The molecule has 0 aliphatic carbocycles. The van der Waals surface area contributed by atoms with Crippen LogP contribution in [0.2, 0.25) is 0 Å². The highest BCUT2D eigenvalue weighted by Gasteiger charge is 2.27. The number of nitrogens with zero attached hydrogens (tertiary/aromatic N) is 4. The third-order valence-electron chi connectivity index (χ3n) is 5.89. The Balaban J connectivity index is 1.55. The number of fused-ring (bicyclic) bond motifs is 1. The van der Waals surface area contributed by atoms with Crippen LogP contribution in [0.4, 0.5) is 0 Å². The summed E-state index contributed by atoms with van der Waals surface area (Å²) in [6.45, 7) is 6.94. The maximum absolute atomic E-state index is 13.2. The van der Waals surface area contributed by atoms with E-state index in [4.69, 9.17) is 0 Å². The Hall–Kier alpha value is -2.18. The van der Waals surface area contributed by atoms with Crippen molar-refractivity contribution in [2.75, 3.05) is 20.1 Å². The highest BCUT2D eigenvalue weighted by Crippen LogP contribution is 2.30. The van der Waals surface area contributed by atoms with Gasteiger partial charge in [0.2, 0.25) is 5.91 Å². The van der Waals surface area contributed by atoms with Gasteiger partial charge in [0.15, 0.2) is 0 Å². The number of hydrogen-bond donors (Lipinski definition) is 0. The zero-order valence-electron chi connectivity index (χ0n) is 16.8. The first-order valence-electron chi connectivity index (χ1n) is 10.0. The monoisotopic (exact) mass is 396 g/mol. The molecule has 1 saturated heterocycles. The number of hydrogen-bond acceptors (Lipinski definition) is 4. The SMILES string of the molecule is CC(C)N1CCC(N(C)C(=O)Cn2c(-c3cccs3)cc3cccnc32)CC1. The van der Waals surface area contributed by atoms with Crippen molar-refractivity contribution in [1.82, 2.24) is 19.4 Å². The number of likely N-dealkylation sites (tertiary alicyclic amines) is 1. The third-order valence-corrected chi connectivity index (χ3v) is 6.79. The lowest BCUT2D eigenvalue weighted by molar-refractivity contribution is -0.133. The summed E-state index contributed by atoms with van der Waals surface area (Å²) in [5.41, 5.74) is 1.95. The van der Waals surface area contributed by atoms with Gasteiger partial charge in [-0.3, -0.25) is 4.79 Å². The first kappa shape index (κ1) is 19.2. The van der Waals surface area contributed by atoms with Crippen molar-refractivity contribution in [1.29, 1.82) is 0 Å². The van der Waals surface area contributed by atoms with Crippen molar-refractivity contribution in [3.63, 3.8) is 0 Å². The van der Waals surface area contributed by atoms with E-state index >= 15 is 0 Å². The molecule has 0 atom stereocenters. The van der Waals surface area contributed by atoms with Crippen LogP contribution >= 0.6 is 11.3 Å². The van der Waals surface area contributed by atoms with E-state index in [9.17, 15) is 4.79 Å². The van der Waals surface area contributed by atoms with Crippen LogP contribution in [0, 0.1) is 0 Å². The molecule has 0 N–H and O–H groups in total. The van der Waals surface area contributed by atoms with Gasteiger partial charge in [-0.1, -0.05) is 6.07 Å². The van der Waals surface area contributed by atoms with Gasteiger partial charge in [-0.25, -0.2) is 4.98 Å². The van der Waals surface area contributed by atoms with Crippen LogP contribution in [0.3, 0.4) is 0 Å². The molecule has 1 amide bonds. The topological polar surface area (TPSA) is 41.4 Å². The number of piperidine rings is 1. The van der Waals surface area contributed by atoms with Gasteiger partial charge < -0.3 is 14.4 Å². The van der Waals surface area contributed by atoms with Crippen LogP contribution in [0.1, 0.15) is 26.7 Å². The van der Waals surface area contributed by atoms with Crippen molar-refractivity contribution in [2.45, 2.75) is 45.3 Å². The Labute approximate surface area is 170 Å². The molecule has 148 valence electrons. The summed E-state index contributed by atoms with van der Waals surface area (Å²) in [5.74, 6) is 0.156. The zero-order chi connectivity index (χ0) is 19.7. The second-order valence-electron chi connectivity index (χ2n) is 7.87. The van der Waals surface area contributed by atoms with E-state index in [1.54, 1.807) is 17.5 Å². The molecule has 0 aromatic carbocycles. The molecule has 0 saturated carbocycles. The number of likely N-dealkylation sites (N-methyl/N-ethyl adjacent to an activating group) is 1. The molecule has 28 heavy (non-hydrogen) atoms. The Bertz CT molecular complexity index is 939. The molecule has 6 heteroatoms. The summed E-state index contributed by atoms with van der Waals surface area (Å²) in [7, 11) is 1.96. The second kappa shape index (κ2) is 8.05. The van der Waals surface area contributed by atoms with Crippen LogP contribution in [-0.2, 0) is 11.3 Å². The maximum atomic E-state index is 13.2. The summed E-state index contributed by atoms with van der Waals surface area (Å²) in [6.07, 6.45) is 3.89. The smallest absolute Gasteiger partial charge is 0.242 e. The number of thiophene rings is 1. The van der Waals surface area contributed by atoms with Crippen LogP contribution in [0.5, 0.6) is 0 Å². The number of rotatable bonds is 5. The van der Waals surface area contributed by atoms with E-state index in [1.807, 2.05) is 24.1 Å². The van der Waals surface area contributed by atoms with Crippen LogP contribution in [0.15, 0.2) is 41.9 Å². The third kappa shape index (κ3) is 3.71. The summed E-state index contributed by atoms with van der Waals surface area (Å²) >= 11 is 1.69. The molecule has 4 rings (SSSR count). The van der Waals surface area contributed by atoms with E-state index in [1.165, 1.54) is 4.88 Å². The number of carbonyl (C=O) groups is 1. The standard InChI is InChI=1S/C22H28N4OS/c1-16(2)25-11-8-18(9-12-25)24(3)21(27)15-26-19(20-7-5-13-28-20)14-17-6-4-10-23-22(17)26/h4-7,10,13-14,16,18H,8-9,11-12,15H2,1-3H3. The molecule has 3 aromatic heterocycles. The minimum absolute atomic E-state index is 0.156. The molecule has 4 heterocycles. The van der Waals surface area contributed by atoms with E-state index in [-0.39, 0.29) is 5.91 Å². The normalized spacial score (nSPS) is 16.1. The maximum Gasteiger partial charge on any atom is 0.242 e. The Morgan fingerprint density at radius 3 is 2.75 bits per heavy atom. The number of carbonyl (C=O) groups excluding carboxylic acids is 1. The second-order valence-corrected chi connectivity index (χ2v) is 8.82. The van der Waals surface area contributed by atoms with Gasteiger partial charge in [0.25, 0.3) is 0 Å². The van der Waals surface area contributed by atoms with E-state index < -0.39 is 0 Å². The van der Waals surface area contributed by atoms with Crippen molar-refractivity contribution in [3.05, 3.63) is 41.9 Å². The van der Waals surface area contributed by atoms with Gasteiger partial charge in [0, 0.05) is 43.8 Å². The summed E-state index contributed by atoms with van der Waals surface area (Å²) in [4.78, 5) is 23.3. The molecular weight excluding hydrogens is 368 g/mol. The van der Waals surface area contributed by atoms with Gasteiger partial charge >= 0.3 is 0 Å². The fourth-order valence-corrected chi connectivity index (χ4v) is 4.87. The van der Waals surface area contributed by atoms with Crippen molar-refractivity contribution in [2.24, 2.45) is 0 Å². The predicted molar refractivity (Wildman–Crippen MR) is 116 cm³/mol. The molecule has 0 radical (unpaired) electrons. The lowest BCUT2D eigenvalue weighted by atomic mass is 10.0. The Morgan fingerprint density at radius 1 is 1.29 bits per heavy atom. The lowest BCUT2D eigenvalue weighted by Gasteiger charge is -2.38. The fourth-order valence-electron chi connectivity index (χ4n) is 4.12. The van der Waals surface area contributed by atoms with Gasteiger partial charge in [-0.15, -0.1) is 11.3 Å². The van der Waals surface area contributed by atoms with E-state index in [0.717, 1.165) is 42.7 Å². The zero-order valence-corrected chi connectivity index (χ0v) is 17.7. The van der Waals surface area contributed by atoms with Crippen LogP contribution in [-0.4, -0.2) is 57.5 Å². The first-order chi connectivity index (χ1) is 13.5. The molecule has 0 spiro atoms. The summed E-state index contributed by atoms with van der Waals surface area (Å²) < 4.78 is 2.07. The van der Waals surface area contributed by atoms with Gasteiger partial charge in [-0.2, -0.15) is 0 Å². The largest absolute Gasteiger partial charge is 0.341 e. The van der Waals surface area contributed by atoms with Crippen LogP contribution in [0.25, 0.3) is 21.6 Å². The van der Waals surface area contributed by atoms with Gasteiger partial charge in [-0.05, 0) is 56.3 Å². The highest BCUT2D eigenvalue weighted by atomic mass is 32.1. The average Bonchev–Trinajstić information content (AvgIpc) is 3.36. The van der Waals surface area contributed by atoms with Crippen molar-refractivity contribution in [3.8, 4) is 10.6 Å². The quantitative estimate of drug-likeness (QED) is 0.652. The van der Waals surface area contributed by atoms with Crippen LogP contribution < -0.4 is 0 Å². The van der Waals surface area contributed by atoms with Gasteiger partial charge in [0.1, 0.15) is 12.2 Å². The highest BCUT2D eigenvalue weighted by molar-refractivity contribution is 7.13. The number of aromatic nitrogens is 2. The average molecular weight is 397 g/mol. The fraction of sp³-hybridized carbons (Fsp3) is 0.455. The Kier molecular flexibility index (Phi) is 5.51. The predicted octanol–water partition coefficient (Wildman–Crippen LogP) is 4.10. The molecule has 1 aliphatic rings. The summed E-state index contributed by atoms with van der Waals surface area (Å²) in [6, 6.07) is 11.2. The minimum Gasteiger partial charge on any atom is -0.341 e. The number of pyridine rings is 1. The van der Waals surface area contributed by atoms with E-state index in [2.05, 4.69) is 51.9 Å². The molecular formula is C22H28N4OS. The van der Waals surface area contributed by atoms with Crippen molar-refractivity contribution < 1.29 is 4.79 Å². The number of amides is 1. The molecule has 0 unspecified atom stereocenters. The molecule has 1 fully saturated rings. The summed E-state index contributed by atoms with van der Waals surface area (Å²) in [5, 5.41) is 3.15. The van der Waals surface area contributed by atoms with Gasteiger partial charge in [0.05, 0.1) is 10.6 Å². The first-order valence-corrected chi connectivity index (χ1v) is 10.9. The minimum atomic E-state index is 0.156. The molecule has 3 aromatic rings. The Morgan fingerprint density at radius 2 is 2.07 bits per heavy atom. The van der Waals surface area contributed by atoms with Crippen molar-refractivity contribution >= 4 is 28.3 Å².